The monoisotopic (exact) mass is 299 g/mol. The maximum Gasteiger partial charge on any atom is 0.0589 e. The van der Waals surface area contributed by atoms with Crippen molar-refractivity contribution in [2.45, 2.75) is 71.9 Å². The molecule has 0 spiro atoms. The topological polar surface area (TPSA) is 32.7 Å². The minimum atomic E-state index is -0.112. The highest BCUT2D eigenvalue weighted by Crippen LogP contribution is 2.34. The lowest BCUT2D eigenvalue weighted by Crippen LogP contribution is -2.45. The molecule has 1 aliphatic carbocycles. The molecule has 1 rings (SSSR count). The summed E-state index contributed by atoms with van der Waals surface area (Å²) in [6, 6.07) is 0.617. The van der Waals surface area contributed by atoms with Crippen molar-refractivity contribution >= 4 is 0 Å². The standard InChI is InChI=1S/C18H37NO2/c1-6-17(7-2)19(10-11-21-5)13-16-12-15(14(3)4)8-9-18(16)20/h14-18,20H,6-13H2,1-5H3. The van der Waals surface area contributed by atoms with E-state index in [1.807, 2.05) is 0 Å². The Bertz CT molecular complexity index is 266. The van der Waals surface area contributed by atoms with Gasteiger partial charge >= 0.3 is 0 Å². The van der Waals surface area contributed by atoms with Crippen LogP contribution >= 0.6 is 0 Å². The summed E-state index contributed by atoms with van der Waals surface area (Å²) in [5.41, 5.74) is 0. The first-order chi connectivity index (χ1) is 10.0. The Balaban J connectivity index is 2.65. The molecule has 0 aliphatic heterocycles. The predicted octanol–water partition coefficient (Wildman–Crippen LogP) is 3.56. The molecule has 1 N–H and O–H groups in total. The number of hydrogen-bond acceptors (Lipinski definition) is 3. The number of methoxy groups -OCH3 is 1. The van der Waals surface area contributed by atoms with E-state index in [4.69, 9.17) is 4.74 Å². The van der Waals surface area contributed by atoms with Crippen molar-refractivity contribution in [2.24, 2.45) is 17.8 Å². The number of aliphatic hydroxyl groups excluding tert-OH is 1. The van der Waals surface area contributed by atoms with Gasteiger partial charge < -0.3 is 9.84 Å². The van der Waals surface area contributed by atoms with Crippen LogP contribution < -0.4 is 0 Å². The van der Waals surface area contributed by atoms with Crippen LogP contribution in [0, 0.1) is 17.8 Å². The zero-order valence-corrected chi connectivity index (χ0v) is 14.8. The van der Waals surface area contributed by atoms with Crippen molar-refractivity contribution in [3.8, 4) is 0 Å². The van der Waals surface area contributed by atoms with Crippen LogP contribution in [0.1, 0.15) is 59.8 Å². The van der Waals surface area contributed by atoms with Gasteiger partial charge in [-0.3, -0.25) is 4.90 Å². The molecule has 3 nitrogen and oxygen atoms in total. The first-order valence-corrected chi connectivity index (χ1v) is 8.94. The molecule has 0 aromatic carbocycles. The van der Waals surface area contributed by atoms with E-state index in [1.165, 1.54) is 25.7 Å². The van der Waals surface area contributed by atoms with Crippen molar-refractivity contribution < 1.29 is 9.84 Å². The summed E-state index contributed by atoms with van der Waals surface area (Å²) in [7, 11) is 1.77. The average molecular weight is 299 g/mol. The van der Waals surface area contributed by atoms with Crippen molar-refractivity contribution in [3.05, 3.63) is 0 Å². The fourth-order valence-corrected chi connectivity index (χ4v) is 3.82. The van der Waals surface area contributed by atoms with Gasteiger partial charge in [0.2, 0.25) is 0 Å². The zero-order valence-electron chi connectivity index (χ0n) is 14.8. The maximum absolute atomic E-state index is 10.4. The molecule has 1 fully saturated rings. The van der Waals surface area contributed by atoms with E-state index in [-0.39, 0.29) is 6.10 Å². The summed E-state index contributed by atoms with van der Waals surface area (Å²) in [4.78, 5) is 2.56. The fourth-order valence-electron chi connectivity index (χ4n) is 3.82. The highest BCUT2D eigenvalue weighted by atomic mass is 16.5. The van der Waals surface area contributed by atoms with Gasteiger partial charge in [0.15, 0.2) is 0 Å². The van der Waals surface area contributed by atoms with Crippen molar-refractivity contribution in [2.75, 3.05) is 26.8 Å². The largest absolute Gasteiger partial charge is 0.393 e. The van der Waals surface area contributed by atoms with Gasteiger partial charge in [-0.05, 0) is 49.9 Å². The molecule has 21 heavy (non-hydrogen) atoms. The summed E-state index contributed by atoms with van der Waals surface area (Å²) in [5.74, 6) is 1.95. The lowest BCUT2D eigenvalue weighted by molar-refractivity contribution is 0.00430. The van der Waals surface area contributed by atoms with E-state index in [1.54, 1.807) is 7.11 Å². The Kier molecular flexibility index (Phi) is 8.84. The maximum atomic E-state index is 10.4. The molecule has 0 heterocycles. The van der Waals surface area contributed by atoms with E-state index in [2.05, 4.69) is 32.6 Å². The molecule has 1 saturated carbocycles. The lowest BCUT2D eigenvalue weighted by Gasteiger charge is -2.40. The van der Waals surface area contributed by atoms with E-state index in [0.717, 1.165) is 38.0 Å². The van der Waals surface area contributed by atoms with Gasteiger partial charge in [0.1, 0.15) is 0 Å². The second kappa shape index (κ2) is 9.81. The van der Waals surface area contributed by atoms with E-state index < -0.39 is 0 Å². The summed E-state index contributed by atoms with van der Waals surface area (Å²) < 4.78 is 5.28. The van der Waals surface area contributed by atoms with Crippen molar-refractivity contribution in [1.82, 2.24) is 4.90 Å². The van der Waals surface area contributed by atoms with Crippen LogP contribution in [0.2, 0.25) is 0 Å². The van der Waals surface area contributed by atoms with Crippen molar-refractivity contribution in [1.29, 1.82) is 0 Å². The number of nitrogens with zero attached hydrogens (tertiary/aromatic N) is 1. The quantitative estimate of drug-likeness (QED) is 0.706. The third-order valence-electron chi connectivity index (χ3n) is 5.44. The third-order valence-corrected chi connectivity index (χ3v) is 5.44. The Labute approximate surface area is 132 Å². The molecule has 3 heteroatoms. The molecule has 0 aromatic heterocycles. The summed E-state index contributed by atoms with van der Waals surface area (Å²) in [5, 5.41) is 10.4. The minimum absolute atomic E-state index is 0.112. The molecule has 0 saturated heterocycles. The van der Waals surface area contributed by atoms with Crippen molar-refractivity contribution in [3.63, 3.8) is 0 Å². The SMILES string of the molecule is CCC(CC)N(CCOC)CC1CC(C(C)C)CCC1O. The molecular weight excluding hydrogens is 262 g/mol. The highest BCUT2D eigenvalue weighted by molar-refractivity contribution is 4.84. The van der Waals surface area contributed by atoms with Gasteiger partial charge in [-0.2, -0.15) is 0 Å². The Hall–Kier alpha value is -0.120. The molecule has 126 valence electrons. The number of hydrogen-bond donors (Lipinski definition) is 1. The minimum Gasteiger partial charge on any atom is -0.393 e. The molecule has 0 amide bonds. The average Bonchev–Trinajstić information content (AvgIpc) is 2.47. The number of rotatable bonds is 9. The number of aliphatic hydroxyl groups is 1. The smallest absolute Gasteiger partial charge is 0.0589 e. The van der Waals surface area contributed by atoms with Gasteiger partial charge in [-0.25, -0.2) is 0 Å². The van der Waals surface area contributed by atoms with Gasteiger partial charge in [0, 0.05) is 26.2 Å². The van der Waals surface area contributed by atoms with Gasteiger partial charge in [-0.15, -0.1) is 0 Å². The van der Waals surface area contributed by atoms with Crippen LogP contribution in [0.3, 0.4) is 0 Å². The lowest BCUT2D eigenvalue weighted by atomic mass is 9.74. The Morgan fingerprint density at radius 1 is 1.19 bits per heavy atom. The van der Waals surface area contributed by atoms with Crippen LogP contribution in [0.15, 0.2) is 0 Å². The van der Waals surface area contributed by atoms with E-state index in [0.29, 0.717) is 12.0 Å². The van der Waals surface area contributed by atoms with E-state index in [9.17, 15) is 5.11 Å². The second-order valence-corrected chi connectivity index (χ2v) is 7.10. The summed E-state index contributed by atoms with van der Waals surface area (Å²) in [6.45, 7) is 12.0. The zero-order chi connectivity index (χ0) is 15.8. The molecule has 0 aromatic rings. The van der Waals surface area contributed by atoms with Crippen LogP contribution in [0.4, 0.5) is 0 Å². The Morgan fingerprint density at radius 3 is 2.38 bits per heavy atom. The second-order valence-electron chi connectivity index (χ2n) is 7.10. The molecule has 3 atom stereocenters. The fraction of sp³-hybridized carbons (Fsp3) is 1.00. The van der Waals surface area contributed by atoms with Gasteiger partial charge in [0.25, 0.3) is 0 Å². The van der Waals surface area contributed by atoms with Crippen LogP contribution in [0.25, 0.3) is 0 Å². The predicted molar refractivity (Wildman–Crippen MR) is 89.5 cm³/mol. The highest BCUT2D eigenvalue weighted by Gasteiger charge is 2.32. The molecule has 0 bridgehead atoms. The Morgan fingerprint density at radius 2 is 1.86 bits per heavy atom. The third kappa shape index (κ3) is 5.88. The molecular formula is C18H37NO2. The van der Waals surface area contributed by atoms with Crippen LogP contribution in [0.5, 0.6) is 0 Å². The van der Waals surface area contributed by atoms with Gasteiger partial charge in [0.05, 0.1) is 12.7 Å². The molecule has 1 aliphatic rings. The van der Waals surface area contributed by atoms with E-state index >= 15 is 0 Å². The molecule has 3 unspecified atom stereocenters. The van der Waals surface area contributed by atoms with Crippen LogP contribution in [-0.4, -0.2) is 49.0 Å². The summed E-state index contributed by atoms with van der Waals surface area (Å²) in [6.07, 6.45) is 5.60. The molecule has 0 radical (unpaired) electrons. The van der Waals surface area contributed by atoms with Gasteiger partial charge in [-0.1, -0.05) is 27.7 Å². The van der Waals surface area contributed by atoms with Crippen LogP contribution in [-0.2, 0) is 4.74 Å². The number of ether oxygens (including phenoxy) is 1. The first kappa shape index (κ1) is 18.9. The first-order valence-electron chi connectivity index (χ1n) is 8.94. The summed E-state index contributed by atoms with van der Waals surface area (Å²) >= 11 is 0. The normalized spacial score (nSPS) is 27.0.